The molecule has 1 atom stereocenters. The van der Waals surface area contributed by atoms with Crippen LogP contribution in [-0.2, 0) is 13.0 Å². The minimum atomic E-state index is 0.361. The minimum absolute atomic E-state index is 0.361. The molecule has 1 saturated heterocycles. The molecule has 7 nitrogen and oxygen atoms in total. The Hall–Kier alpha value is -2.51. The second-order valence-electron chi connectivity index (χ2n) is 10.5. The van der Waals surface area contributed by atoms with Gasteiger partial charge >= 0.3 is 0 Å². The minimum Gasteiger partial charge on any atom is -0.339 e. The average molecular weight is 460 g/mol. The van der Waals surface area contributed by atoms with Gasteiger partial charge in [0.25, 0.3) is 0 Å². The van der Waals surface area contributed by atoms with Crippen LogP contribution in [0.15, 0.2) is 36.8 Å². The van der Waals surface area contributed by atoms with Crippen LogP contribution >= 0.6 is 0 Å². The van der Waals surface area contributed by atoms with Crippen LogP contribution in [-0.4, -0.2) is 68.9 Å². The number of hydrogen-bond acceptors (Lipinski definition) is 6. The second-order valence-corrected chi connectivity index (χ2v) is 10.5. The Morgan fingerprint density at radius 2 is 1.82 bits per heavy atom. The van der Waals surface area contributed by atoms with Gasteiger partial charge < -0.3 is 4.90 Å². The van der Waals surface area contributed by atoms with Gasteiger partial charge in [0.1, 0.15) is 5.65 Å². The molecule has 180 valence electrons. The van der Waals surface area contributed by atoms with E-state index in [1.54, 1.807) is 0 Å². The molecular weight excluding hydrogens is 422 g/mol. The summed E-state index contributed by atoms with van der Waals surface area (Å²) in [5, 5.41) is 0. The third-order valence-electron chi connectivity index (χ3n) is 8.17. The molecule has 4 heterocycles. The summed E-state index contributed by atoms with van der Waals surface area (Å²) in [6.45, 7) is 6.44. The molecule has 3 aliphatic rings. The molecule has 1 aliphatic heterocycles. The van der Waals surface area contributed by atoms with Crippen molar-refractivity contribution in [3.63, 3.8) is 0 Å². The van der Waals surface area contributed by atoms with E-state index in [-0.39, 0.29) is 0 Å². The number of hydrogen-bond donors (Lipinski definition) is 0. The van der Waals surface area contributed by atoms with E-state index in [1.165, 1.54) is 49.9 Å². The second kappa shape index (κ2) is 9.62. The summed E-state index contributed by atoms with van der Waals surface area (Å²) >= 11 is 0. The van der Waals surface area contributed by atoms with E-state index < -0.39 is 0 Å². The Morgan fingerprint density at radius 1 is 0.971 bits per heavy atom. The lowest BCUT2D eigenvalue weighted by atomic mass is 9.91. The third kappa shape index (κ3) is 4.43. The fourth-order valence-electron chi connectivity index (χ4n) is 6.33. The third-order valence-corrected chi connectivity index (χ3v) is 8.17. The zero-order valence-corrected chi connectivity index (χ0v) is 20.4. The number of aryl methyl sites for hydroxylation is 1. The fraction of sp³-hybridized carbons (Fsp3) is 0.593. The van der Waals surface area contributed by atoms with Crippen molar-refractivity contribution in [2.45, 2.75) is 57.5 Å². The summed E-state index contributed by atoms with van der Waals surface area (Å²) in [6.07, 6.45) is 15.3. The standard InChI is InChI=1S/C27H37N7/c1-31(24-10-4-8-22-9-5-12-28-26(22)24)19-23-20-34-25(30-23)11-13-29-27(34)33-16-14-32(15-17-33)18-21-6-2-3-7-21/h5,9,11-13,20-21,24H,2-4,6-8,10,14-19H2,1H3. The highest BCUT2D eigenvalue weighted by molar-refractivity contribution is 5.48. The average Bonchev–Trinajstić information content (AvgIpc) is 3.53. The van der Waals surface area contributed by atoms with E-state index in [1.807, 2.05) is 18.5 Å². The maximum Gasteiger partial charge on any atom is 0.211 e. The number of piperazine rings is 1. The SMILES string of the molecule is CN(Cc1cn2c(N3CCN(CC4CCCC4)CC3)nccc2n1)C1CCCc2cccnc21. The molecule has 0 spiro atoms. The van der Waals surface area contributed by atoms with Crippen LogP contribution in [0.5, 0.6) is 0 Å². The number of fused-ring (bicyclic) bond motifs is 2. The highest BCUT2D eigenvalue weighted by atomic mass is 15.3. The summed E-state index contributed by atoms with van der Waals surface area (Å²) in [5.41, 5.74) is 4.74. The molecule has 2 aliphatic carbocycles. The topological polar surface area (TPSA) is 52.8 Å². The van der Waals surface area contributed by atoms with Crippen molar-refractivity contribution in [2.24, 2.45) is 5.92 Å². The van der Waals surface area contributed by atoms with Gasteiger partial charge in [0, 0.05) is 57.9 Å². The van der Waals surface area contributed by atoms with Gasteiger partial charge in [0.2, 0.25) is 5.95 Å². The zero-order valence-electron chi connectivity index (χ0n) is 20.4. The molecule has 0 amide bonds. The smallest absolute Gasteiger partial charge is 0.211 e. The van der Waals surface area contributed by atoms with Gasteiger partial charge in [-0.15, -0.1) is 0 Å². The van der Waals surface area contributed by atoms with Gasteiger partial charge in [-0.05, 0) is 62.8 Å². The maximum absolute atomic E-state index is 4.97. The lowest BCUT2D eigenvalue weighted by Crippen LogP contribution is -2.48. The Morgan fingerprint density at radius 3 is 2.68 bits per heavy atom. The highest BCUT2D eigenvalue weighted by Crippen LogP contribution is 2.33. The Bertz CT molecular complexity index is 1110. The molecule has 1 unspecified atom stereocenters. The first-order valence-corrected chi connectivity index (χ1v) is 13.2. The van der Waals surface area contributed by atoms with Crippen LogP contribution in [0.25, 0.3) is 5.65 Å². The van der Waals surface area contributed by atoms with E-state index in [2.05, 4.69) is 44.5 Å². The molecule has 2 fully saturated rings. The van der Waals surface area contributed by atoms with Gasteiger partial charge in [-0.1, -0.05) is 18.9 Å². The van der Waals surface area contributed by atoms with Crippen LogP contribution in [0.2, 0.25) is 0 Å². The van der Waals surface area contributed by atoms with Crippen LogP contribution in [0.3, 0.4) is 0 Å². The number of imidazole rings is 1. The molecule has 0 radical (unpaired) electrons. The molecule has 34 heavy (non-hydrogen) atoms. The van der Waals surface area contributed by atoms with Crippen molar-refractivity contribution in [1.82, 2.24) is 29.2 Å². The van der Waals surface area contributed by atoms with Crippen LogP contribution < -0.4 is 4.90 Å². The lowest BCUT2D eigenvalue weighted by molar-refractivity contribution is 0.206. The molecule has 7 heteroatoms. The highest BCUT2D eigenvalue weighted by Gasteiger charge is 2.26. The monoisotopic (exact) mass is 459 g/mol. The quantitative estimate of drug-likeness (QED) is 0.556. The molecule has 3 aromatic rings. The Labute approximate surface area is 202 Å². The number of aromatic nitrogens is 4. The zero-order chi connectivity index (χ0) is 22.9. The van der Waals surface area contributed by atoms with Gasteiger partial charge in [-0.2, -0.15) is 0 Å². The molecule has 6 rings (SSSR count). The van der Waals surface area contributed by atoms with E-state index in [9.17, 15) is 0 Å². The fourth-order valence-corrected chi connectivity index (χ4v) is 6.33. The predicted molar refractivity (Wildman–Crippen MR) is 135 cm³/mol. The van der Waals surface area contributed by atoms with Crippen molar-refractivity contribution < 1.29 is 0 Å². The number of pyridine rings is 1. The van der Waals surface area contributed by atoms with E-state index in [0.29, 0.717) is 6.04 Å². The van der Waals surface area contributed by atoms with Crippen molar-refractivity contribution in [2.75, 3.05) is 44.7 Å². The first kappa shape index (κ1) is 22.0. The summed E-state index contributed by atoms with van der Waals surface area (Å²) < 4.78 is 2.20. The first-order valence-electron chi connectivity index (χ1n) is 13.2. The Kier molecular flexibility index (Phi) is 6.22. The van der Waals surface area contributed by atoms with Gasteiger partial charge in [0.15, 0.2) is 0 Å². The molecule has 0 N–H and O–H groups in total. The Balaban J connectivity index is 1.15. The summed E-state index contributed by atoms with van der Waals surface area (Å²) in [7, 11) is 2.21. The van der Waals surface area contributed by atoms with Gasteiger partial charge in [-0.3, -0.25) is 19.2 Å². The van der Waals surface area contributed by atoms with Crippen LogP contribution in [0.1, 0.15) is 61.5 Å². The van der Waals surface area contributed by atoms with Gasteiger partial charge in [0.05, 0.1) is 17.4 Å². The van der Waals surface area contributed by atoms with Crippen LogP contribution in [0.4, 0.5) is 5.95 Å². The van der Waals surface area contributed by atoms with E-state index in [4.69, 9.17) is 15.0 Å². The van der Waals surface area contributed by atoms with Crippen molar-refractivity contribution in [3.8, 4) is 0 Å². The lowest BCUT2D eigenvalue weighted by Gasteiger charge is -2.36. The number of nitrogens with zero attached hydrogens (tertiary/aromatic N) is 7. The molecular formula is C27H37N7. The molecule has 0 aromatic carbocycles. The summed E-state index contributed by atoms with van der Waals surface area (Å²) in [4.78, 5) is 22.0. The molecule has 3 aromatic heterocycles. The summed E-state index contributed by atoms with van der Waals surface area (Å²) in [5.74, 6) is 1.96. The van der Waals surface area contributed by atoms with Gasteiger partial charge in [-0.25, -0.2) is 9.97 Å². The van der Waals surface area contributed by atoms with Crippen molar-refractivity contribution in [1.29, 1.82) is 0 Å². The maximum atomic E-state index is 4.97. The summed E-state index contributed by atoms with van der Waals surface area (Å²) in [6, 6.07) is 6.69. The predicted octanol–water partition coefficient (Wildman–Crippen LogP) is 3.95. The van der Waals surface area contributed by atoms with E-state index in [0.717, 1.165) is 68.8 Å². The largest absolute Gasteiger partial charge is 0.339 e. The van der Waals surface area contributed by atoms with Crippen molar-refractivity contribution >= 4 is 11.6 Å². The van der Waals surface area contributed by atoms with Crippen molar-refractivity contribution in [3.05, 3.63) is 53.7 Å². The normalized spacial score (nSPS) is 22.1. The van der Waals surface area contributed by atoms with E-state index >= 15 is 0 Å². The number of rotatable bonds is 6. The first-order chi connectivity index (χ1) is 16.7. The number of anilines is 1. The molecule has 1 saturated carbocycles. The van der Waals surface area contributed by atoms with Crippen LogP contribution in [0, 0.1) is 5.92 Å². The molecule has 0 bridgehead atoms.